The first-order valence-corrected chi connectivity index (χ1v) is 8.19. The van der Waals surface area contributed by atoms with Gasteiger partial charge in [-0.1, -0.05) is 12.1 Å². The Hall–Kier alpha value is -1.51. The summed E-state index contributed by atoms with van der Waals surface area (Å²) in [5, 5.41) is 11.1. The lowest BCUT2D eigenvalue weighted by atomic mass is 10.1. The van der Waals surface area contributed by atoms with E-state index in [0.717, 1.165) is 0 Å². The Morgan fingerprint density at radius 1 is 1.48 bits per heavy atom. The number of nitro groups is 1. The molecule has 0 radical (unpaired) electrons. The van der Waals surface area contributed by atoms with Crippen molar-refractivity contribution in [3.05, 3.63) is 33.9 Å². The molecule has 21 heavy (non-hydrogen) atoms. The van der Waals surface area contributed by atoms with Crippen LogP contribution in [0, 0.1) is 23.0 Å². The molecule has 7 nitrogen and oxygen atoms in total. The minimum atomic E-state index is -3.90. The van der Waals surface area contributed by atoms with Gasteiger partial charge < -0.3 is 5.73 Å². The Morgan fingerprint density at radius 3 is 2.67 bits per heavy atom. The van der Waals surface area contributed by atoms with Crippen LogP contribution in [0.15, 0.2) is 23.1 Å². The Morgan fingerprint density at radius 2 is 2.14 bits per heavy atom. The van der Waals surface area contributed by atoms with E-state index in [4.69, 9.17) is 5.73 Å². The van der Waals surface area contributed by atoms with Crippen LogP contribution < -0.4 is 5.73 Å². The smallest absolute Gasteiger partial charge is 0.289 e. The average molecular weight is 313 g/mol. The highest BCUT2D eigenvalue weighted by atomic mass is 32.2. The van der Waals surface area contributed by atoms with Crippen LogP contribution in [-0.2, 0) is 10.0 Å². The van der Waals surface area contributed by atoms with Crippen LogP contribution in [-0.4, -0.2) is 36.8 Å². The lowest BCUT2D eigenvalue weighted by molar-refractivity contribution is -0.387. The van der Waals surface area contributed by atoms with E-state index in [2.05, 4.69) is 0 Å². The van der Waals surface area contributed by atoms with Crippen molar-refractivity contribution in [3.63, 3.8) is 0 Å². The highest BCUT2D eigenvalue weighted by Gasteiger charge is 2.40. The molecular weight excluding hydrogens is 294 g/mol. The fourth-order valence-electron chi connectivity index (χ4n) is 2.85. The molecule has 1 saturated heterocycles. The first-order valence-electron chi connectivity index (χ1n) is 6.75. The van der Waals surface area contributed by atoms with Crippen LogP contribution in [0.4, 0.5) is 5.69 Å². The number of nitrogens with two attached hydrogens (primary N) is 1. The first-order chi connectivity index (χ1) is 9.78. The second-order valence-electron chi connectivity index (χ2n) is 5.44. The molecule has 0 aliphatic carbocycles. The number of hydrogen-bond acceptors (Lipinski definition) is 5. The molecular formula is C13H19N3O4S. The van der Waals surface area contributed by atoms with E-state index in [1.807, 2.05) is 0 Å². The van der Waals surface area contributed by atoms with E-state index in [1.165, 1.54) is 16.4 Å². The topological polar surface area (TPSA) is 107 Å². The van der Waals surface area contributed by atoms with Gasteiger partial charge in [0.15, 0.2) is 4.90 Å². The molecule has 1 aromatic rings. The Bertz CT molecular complexity index is 659. The second kappa shape index (κ2) is 5.70. The zero-order valence-corrected chi connectivity index (χ0v) is 12.8. The third kappa shape index (κ3) is 2.78. The van der Waals surface area contributed by atoms with Crippen molar-refractivity contribution in [2.75, 3.05) is 13.1 Å². The number of aryl methyl sites for hydroxylation is 1. The van der Waals surface area contributed by atoms with Gasteiger partial charge in [0, 0.05) is 18.7 Å². The molecule has 1 aromatic carbocycles. The van der Waals surface area contributed by atoms with Crippen molar-refractivity contribution in [1.82, 2.24) is 4.31 Å². The minimum Gasteiger partial charge on any atom is -0.330 e. The third-order valence-electron chi connectivity index (χ3n) is 3.89. The van der Waals surface area contributed by atoms with E-state index < -0.39 is 14.9 Å². The maximum Gasteiger partial charge on any atom is 0.289 e. The molecule has 8 heteroatoms. The molecule has 2 atom stereocenters. The number of rotatable bonds is 4. The molecule has 0 bridgehead atoms. The van der Waals surface area contributed by atoms with E-state index in [0.29, 0.717) is 25.1 Å². The van der Waals surface area contributed by atoms with Gasteiger partial charge in [-0.25, -0.2) is 8.42 Å². The standard InChI is InChI=1S/C13H19N3O4S/c1-9-4-3-5-12(16(17)18)13(9)21(19,20)15-8-11(7-14)6-10(15)2/h3-5,10-11H,6-8,14H2,1-2H3. The van der Waals surface area contributed by atoms with E-state index >= 15 is 0 Å². The molecule has 0 saturated carbocycles. The first kappa shape index (κ1) is 15.9. The van der Waals surface area contributed by atoms with Crippen molar-refractivity contribution in [2.45, 2.75) is 31.2 Å². The molecule has 0 aromatic heterocycles. The predicted octanol–water partition coefficient (Wildman–Crippen LogP) is 1.26. The maximum atomic E-state index is 12.8. The lowest BCUT2D eigenvalue weighted by Gasteiger charge is -2.21. The van der Waals surface area contributed by atoms with Crippen molar-refractivity contribution in [1.29, 1.82) is 0 Å². The van der Waals surface area contributed by atoms with E-state index in [9.17, 15) is 18.5 Å². The van der Waals surface area contributed by atoms with Crippen LogP contribution in [0.25, 0.3) is 0 Å². The summed E-state index contributed by atoms with van der Waals surface area (Å²) in [4.78, 5) is 10.3. The summed E-state index contributed by atoms with van der Waals surface area (Å²) in [6.07, 6.45) is 0.676. The van der Waals surface area contributed by atoms with Gasteiger partial charge in [0.25, 0.3) is 5.69 Å². The zero-order chi connectivity index (χ0) is 15.8. The molecule has 1 fully saturated rings. The monoisotopic (exact) mass is 313 g/mol. The molecule has 0 spiro atoms. The second-order valence-corrected chi connectivity index (χ2v) is 7.27. The number of nitrogens with zero attached hydrogens (tertiary/aromatic N) is 2. The van der Waals surface area contributed by atoms with Gasteiger partial charge in [0.2, 0.25) is 10.0 Å². The molecule has 1 aliphatic rings. The SMILES string of the molecule is Cc1cccc([N+](=O)[O-])c1S(=O)(=O)N1CC(CN)CC1C. The molecule has 1 aliphatic heterocycles. The van der Waals surface area contributed by atoms with Gasteiger partial charge in [0.1, 0.15) is 0 Å². The van der Waals surface area contributed by atoms with Gasteiger partial charge in [-0.05, 0) is 38.3 Å². The quantitative estimate of drug-likeness (QED) is 0.665. The summed E-state index contributed by atoms with van der Waals surface area (Å²) < 4.78 is 27.0. The molecule has 116 valence electrons. The van der Waals surface area contributed by atoms with Crippen LogP contribution in [0.5, 0.6) is 0 Å². The Balaban J connectivity index is 2.53. The summed E-state index contributed by atoms with van der Waals surface area (Å²) in [5.74, 6) is 0.0952. The van der Waals surface area contributed by atoms with Crippen molar-refractivity contribution < 1.29 is 13.3 Å². The van der Waals surface area contributed by atoms with Crippen molar-refractivity contribution in [2.24, 2.45) is 11.7 Å². The molecule has 2 N–H and O–H groups in total. The largest absolute Gasteiger partial charge is 0.330 e. The van der Waals surface area contributed by atoms with Crippen LogP contribution in [0.2, 0.25) is 0 Å². The fraction of sp³-hybridized carbons (Fsp3) is 0.538. The number of nitro benzene ring substituents is 1. The van der Waals surface area contributed by atoms with E-state index in [-0.39, 0.29) is 22.5 Å². The summed E-state index contributed by atoms with van der Waals surface area (Å²) in [7, 11) is -3.90. The maximum absolute atomic E-state index is 12.8. The van der Waals surface area contributed by atoms with Gasteiger partial charge in [0.05, 0.1) is 4.92 Å². The lowest BCUT2D eigenvalue weighted by Crippen LogP contribution is -2.35. The normalized spacial score (nSPS) is 23.4. The number of benzene rings is 1. The summed E-state index contributed by atoms with van der Waals surface area (Å²) in [6.45, 7) is 4.09. The number of sulfonamides is 1. The molecule has 0 amide bonds. The highest BCUT2D eigenvalue weighted by molar-refractivity contribution is 7.89. The Labute approximate surface area is 123 Å². The van der Waals surface area contributed by atoms with E-state index in [1.54, 1.807) is 19.9 Å². The predicted molar refractivity (Wildman–Crippen MR) is 78.3 cm³/mol. The van der Waals surface area contributed by atoms with Crippen LogP contribution >= 0.6 is 0 Å². The van der Waals surface area contributed by atoms with Crippen LogP contribution in [0.3, 0.4) is 0 Å². The summed E-state index contributed by atoms with van der Waals surface area (Å²) in [5.41, 5.74) is 5.62. The highest BCUT2D eigenvalue weighted by Crippen LogP contribution is 2.34. The van der Waals surface area contributed by atoms with Crippen molar-refractivity contribution >= 4 is 15.7 Å². The zero-order valence-electron chi connectivity index (χ0n) is 12.0. The van der Waals surface area contributed by atoms with Gasteiger partial charge >= 0.3 is 0 Å². The molecule has 2 rings (SSSR count). The minimum absolute atomic E-state index is 0.0952. The summed E-state index contributed by atoms with van der Waals surface area (Å²) >= 11 is 0. The summed E-state index contributed by atoms with van der Waals surface area (Å²) in [6, 6.07) is 4.08. The van der Waals surface area contributed by atoms with Crippen LogP contribution in [0.1, 0.15) is 18.9 Å². The molecule has 1 heterocycles. The van der Waals surface area contributed by atoms with Gasteiger partial charge in [-0.3, -0.25) is 10.1 Å². The average Bonchev–Trinajstić information content (AvgIpc) is 2.80. The molecule has 2 unspecified atom stereocenters. The number of hydrogen-bond donors (Lipinski definition) is 1. The Kier molecular flexibility index (Phi) is 4.31. The van der Waals surface area contributed by atoms with Gasteiger partial charge in [-0.2, -0.15) is 4.31 Å². The van der Waals surface area contributed by atoms with Crippen molar-refractivity contribution in [3.8, 4) is 0 Å². The third-order valence-corrected chi connectivity index (χ3v) is 6.07. The van der Waals surface area contributed by atoms with Gasteiger partial charge in [-0.15, -0.1) is 0 Å². The fourth-order valence-corrected chi connectivity index (χ4v) is 4.93.